The molecule has 1 amide bonds. The number of carboxylic acids is 1. The van der Waals surface area contributed by atoms with Crippen LogP contribution in [0.4, 0.5) is 5.82 Å². The fourth-order valence-electron chi connectivity index (χ4n) is 2.57. The molecule has 7 nitrogen and oxygen atoms in total. The molecule has 2 heterocycles. The summed E-state index contributed by atoms with van der Waals surface area (Å²) in [5, 5.41) is 13.1. The second-order valence-corrected chi connectivity index (χ2v) is 4.95. The Morgan fingerprint density at radius 1 is 1.50 bits per heavy atom. The standard InChI is InChI=1S/C13H18N4O3/c1-8-10(3-4-11(18)19)13(16(2)15-8)17-6-5-9(7-17)12(14)20/h3-4,9H,5-7H2,1-2H3,(H2,14,20)(H,18,19)/b4-3+. The number of nitrogens with two attached hydrogens (primary N) is 1. The number of carboxylic acid groups (broad SMARTS) is 1. The van der Waals surface area contributed by atoms with E-state index in [9.17, 15) is 9.59 Å². The highest BCUT2D eigenvalue weighted by molar-refractivity contribution is 5.87. The third-order valence-corrected chi connectivity index (χ3v) is 3.52. The lowest BCUT2D eigenvalue weighted by Crippen LogP contribution is -2.28. The molecule has 0 spiro atoms. The van der Waals surface area contributed by atoms with Gasteiger partial charge in [0.25, 0.3) is 0 Å². The van der Waals surface area contributed by atoms with E-state index < -0.39 is 5.97 Å². The predicted molar refractivity (Wildman–Crippen MR) is 74.1 cm³/mol. The van der Waals surface area contributed by atoms with Crippen LogP contribution >= 0.6 is 0 Å². The van der Waals surface area contributed by atoms with E-state index in [2.05, 4.69) is 5.10 Å². The molecule has 7 heteroatoms. The zero-order valence-electron chi connectivity index (χ0n) is 11.5. The largest absolute Gasteiger partial charge is 0.478 e. The van der Waals surface area contributed by atoms with Crippen molar-refractivity contribution in [2.75, 3.05) is 18.0 Å². The number of hydrogen-bond donors (Lipinski definition) is 2. The van der Waals surface area contributed by atoms with Gasteiger partial charge in [-0.1, -0.05) is 0 Å². The van der Waals surface area contributed by atoms with Crippen molar-refractivity contribution in [3.8, 4) is 0 Å². The predicted octanol–water partition coefficient (Wildman–Crippen LogP) is 0.138. The van der Waals surface area contributed by atoms with Crippen LogP contribution in [0.2, 0.25) is 0 Å². The maximum absolute atomic E-state index is 11.2. The molecular formula is C13H18N4O3. The Bertz CT molecular complexity index is 576. The molecular weight excluding hydrogens is 260 g/mol. The maximum atomic E-state index is 11.2. The zero-order valence-corrected chi connectivity index (χ0v) is 11.5. The average molecular weight is 278 g/mol. The first-order chi connectivity index (χ1) is 9.40. The molecule has 1 aromatic heterocycles. The Labute approximate surface area is 116 Å². The van der Waals surface area contributed by atoms with Crippen LogP contribution in [0.25, 0.3) is 6.08 Å². The van der Waals surface area contributed by atoms with Crippen molar-refractivity contribution >= 4 is 23.8 Å². The number of carbonyl (C=O) groups excluding carboxylic acids is 1. The summed E-state index contributed by atoms with van der Waals surface area (Å²) in [7, 11) is 1.80. The van der Waals surface area contributed by atoms with Gasteiger partial charge >= 0.3 is 5.97 Å². The van der Waals surface area contributed by atoms with Crippen molar-refractivity contribution < 1.29 is 14.7 Å². The van der Waals surface area contributed by atoms with Gasteiger partial charge in [0.2, 0.25) is 5.91 Å². The van der Waals surface area contributed by atoms with Crippen molar-refractivity contribution in [1.82, 2.24) is 9.78 Å². The first-order valence-electron chi connectivity index (χ1n) is 6.39. The van der Waals surface area contributed by atoms with Gasteiger partial charge in [-0.2, -0.15) is 5.10 Å². The van der Waals surface area contributed by atoms with Crippen molar-refractivity contribution in [2.45, 2.75) is 13.3 Å². The minimum Gasteiger partial charge on any atom is -0.478 e. The first kappa shape index (κ1) is 14.1. The molecule has 1 aromatic rings. The fraction of sp³-hybridized carbons (Fsp3) is 0.462. The lowest BCUT2D eigenvalue weighted by atomic mass is 10.1. The van der Waals surface area contributed by atoms with Crippen LogP contribution in [0, 0.1) is 12.8 Å². The normalized spacial score (nSPS) is 18.9. The summed E-state index contributed by atoms with van der Waals surface area (Å²) in [5.41, 5.74) is 6.85. The van der Waals surface area contributed by atoms with Crippen LogP contribution < -0.4 is 10.6 Å². The molecule has 1 fully saturated rings. The highest BCUT2D eigenvalue weighted by Gasteiger charge is 2.30. The quantitative estimate of drug-likeness (QED) is 0.763. The van der Waals surface area contributed by atoms with Gasteiger partial charge in [-0.25, -0.2) is 4.79 Å². The third kappa shape index (κ3) is 2.66. The molecule has 2 rings (SSSR count). The highest BCUT2D eigenvalue weighted by atomic mass is 16.4. The number of aryl methyl sites for hydroxylation is 2. The number of aromatic nitrogens is 2. The molecule has 1 atom stereocenters. The molecule has 1 aliphatic heterocycles. The number of aliphatic carboxylic acids is 1. The van der Waals surface area contributed by atoms with E-state index in [0.717, 1.165) is 23.2 Å². The molecule has 0 saturated carbocycles. The average Bonchev–Trinajstić information content (AvgIpc) is 2.91. The minimum absolute atomic E-state index is 0.165. The number of anilines is 1. The number of hydrogen-bond acceptors (Lipinski definition) is 4. The van der Waals surface area contributed by atoms with E-state index >= 15 is 0 Å². The van der Waals surface area contributed by atoms with Crippen LogP contribution in [0.3, 0.4) is 0 Å². The zero-order chi connectivity index (χ0) is 14.9. The molecule has 1 aliphatic rings. The van der Waals surface area contributed by atoms with Crippen LogP contribution in [-0.4, -0.2) is 39.9 Å². The Morgan fingerprint density at radius 3 is 2.75 bits per heavy atom. The molecule has 0 radical (unpaired) electrons. The highest BCUT2D eigenvalue weighted by Crippen LogP contribution is 2.29. The molecule has 0 aliphatic carbocycles. The van der Waals surface area contributed by atoms with E-state index in [-0.39, 0.29) is 11.8 Å². The summed E-state index contributed by atoms with van der Waals surface area (Å²) in [6.07, 6.45) is 3.34. The van der Waals surface area contributed by atoms with Crippen LogP contribution in [-0.2, 0) is 16.6 Å². The van der Waals surface area contributed by atoms with Crippen LogP contribution in [0.1, 0.15) is 17.7 Å². The Balaban J connectivity index is 2.32. The van der Waals surface area contributed by atoms with E-state index in [1.807, 2.05) is 11.8 Å². The van der Waals surface area contributed by atoms with Crippen molar-refractivity contribution in [2.24, 2.45) is 18.7 Å². The summed E-state index contributed by atoms with van der Waals surface area (Å²) in [6, 6.07) is 0. The third-order valence-electron chi connectivity index (χ3n) is 3.52. The summed E-state index contributed by atoms with van der Waals surface area (Å²) >= 11 is 0. The molecule has 0 aromatic carbocycles. The fourth-order valence-corrected chi connectivity index (χ4v) is 2.57. The van der Waals surface area contributed by atoms with Gasteiger partial charge in [-0.05, 0) is 19.4 Å². The minimum atomic E-state index is -1.00. The van der Waals surface area contributed by atoms with Gasteiger partial charge in [0.1, 0.15) is 5.82 Å². The van der Waals surface area contributed by atoms with Gasteiger partial charge < -0.3 is 15.7 Å². The lowest BCUT2D eigenvalue weighted by Gasteiger charge is -2.19. The summed E-state index contributed by atoms with van der Waals surface area (Å²) in [4.78, 5) is 24.0. The Morgan fingerprint density at radius 2 is 2.20 bits per heavy atom. The Kier molecular flexibility index (Phi) is 3.78. The van der Waals surface area contributed by atoms with Crippen LogP contribution in [0.15, 0.2) is 6.08 Å². The van der Waals surface area contributed by atoms with E-state index in [4.69, 9.17) is 10.8 Å². The molecule has 3 N–H and O–H groups in total. The topological polar surface area (TPSA) is 101 Å². The molecule has 0 bridgehead atoms. The molecule has 20 heavy (non-hydrogen) atoms. The van der Waals surface area contributed by atoms with Gasteiger partial charge in [0, 0.05) is 31.8 Å². The number of rotatable bonds is 4. The number of amides is 1. The number of primary amides is 1. The smallest absolute Gasteiger partial charge is 0.328 e. The molecule has 1 unspecified atom stereocenters. The molecule has 1 saturated heterocycles. The summed E-state index contributed by atoms with van der Waals surface area (Å²) < 4.78 is 1.71. The number of nitrogens with zero attached hydrogens (tertiary/aromatic N) is 3. The second kappa shape index (κ2) is 5.36. The van der Waals surface area contributed by atoms with E-state index in [1.165, 1.54) is 6.08 Å². The van der Waals surface area contributed by atoms with Gasteiger partial charge in [0.15, 0.2) is 0 Å². The second-order valence-electron chi connectivity index (χ2n) is 4.95. The van der Waals surface area contributed by atoms with Gasteiger partial charge in [-0.15, -0.1) is 0 Å². The van der Waals surface area contributed by atoms with Gasteiger partial charge in [0.05, 0.1) is 11.6 Å². The van der Waals surface area contributed by atoms with Crippen molar-refractivity contribution in [3.63, 3.8) is 0 Å². The van der Waals surface area contributed by atoms with Gasteiger partial charge in [-0.3, -0.25) is 9.48 Å². The summed E-state index contributed by atoms with van der Waals surface area (Å²) in [6.45, 7) is 3.08. The van der Waals surface area contributed by atoms with Crippen LogP contribution in [0.5, 0.6) is 0 Å². The monoisotopic (exact) mass is 278 g/mol. The molecule has 108 valence electrons. The van der Waals surface area contributed by atoms with Crippen molar-refractivity contribution in [3.05, 3.63) is 17.3 Å². The SMILES string of the molecule is Cc1nn(C)c(N2CCC(C(N)=O)C2)c1/C=C/C(=O)O. The Hall–Kier alpha value is -2.31. The maximum Gasteiger partial charge on any atom is 0.328 e. The lowest BCUT2D eigenvalue weighted by molar-refractivity contribution is -0.131. The van der Waals surface area contributed by atoms with E-state index in [1.54, 1.807) is 11.7 Å². The van der Waals surface area contributed by atoms with E-state index in [0.29, 0.717) is 19.5 Å². The first-order valence-corrected chi connectivity index (χ1v) is 6.39. The summed E-state index contributed by atoms with van der Waals surface area (Å²) in [5.74, 6) is -0.644. The van der Waals surface area contributed by atoms with Crippen molar-refractivity contribution in [1.29, 1.82) is 0 Å². The number of carbonyl (C=O) groups is 2.